The smallest absolute Gasteiger partial charge is 0.168 e. The van der Waals surface area contributed by atoms with Crippen molar-refractivity contribution >= 4 is 5.69 Å². The summed E-state index contributed by atoms with van der Waals surface area (Å²) in [7, 11) is 0. The van der Waals surface area contributed by atoms with Gasteiger partial charge in [0.05, 0.1) is 5.56 Å². The molecule has 0 atom stereocenters. The van der Waals surface area contributed by atoms with Crippen molar-refractivity contribution in [1.82, 2.24) is 0 Å². The lowest BCUT2D eigenvalue weighted by Gasteiger charge is -2.09. The minimum absolute atomic E-state index is 0.0938. The van der Waals surface area contributed by atoms with Gasteiger partial charge in [0, 0.05) is 5.69 Å². The van der Waals surface area contributed by atoms with Crippen LogP contribution < -0.4 is 10.5 Å². The molecule has 4 heteroatoms. The van der Waals surface area contributed by atoms with Crippen LogP contribution in [0.4, 0.5) is 10.1 Å². The summed E-state index contributed by atoms with van der Waals surface area (Å²) >= 11 is 0. The fourth-order valence-electron chi connectivity index (χ4n) is 1.54. The summed E-state index contributed by atoms with van der Waals surface area (Å²) in [5.74, 6) is -0.0503. The van der Waals surface area contributed by atoms with E-state index in [1.165, 1.54) is 12.1 Å². The fraction of sp³-hybridized carbons (Fsp3) is 0.0714. The van der Waals surface area contributed by atoms with Gasteiger partial charge in [-0.2, -0.15) is 5.26 Å². The van der Waals surface area contributed by atoms with Crippen LogP contribution in [0.3, 0.4) is 0 Å². The maximum Gasteiger partial charge on any atom is 0.168 e. The number of benzene rings is 2. The summed E-state index contributed by atoms with van der Waals surface area (Å²) in [5.41, 5.74) is 6.79. The van der Waals surface area contributed by atoms with Gasteiger partial charge in [-0.3, -0.25) is 0 Å². The summed E-state index contributed by atoms with van der Waals surface area (Å²) in [6.07, 6.45) is 0. The van der Waals surface area contributed by atoms with Crippen LogP contribution >= 0.6 is 0 Å². The van der Waals surface area contributed by atoms with Crippen LogP contribution in [0.1, 0.15) is 11.1 Å². The Bertz CT molecular complexity index is 632. The molecule has 0 aromatic heterocycles. The molecule has 0 radical (unpaired) electrons. The van der Waals surface area contributed by atoms with Gasteiger partial charge < -0.3 is 10.5 Å². The highest BCUT2D eigenvalue weighted by atomic mass is 19.1. The third-order valence-corrected chi connectivity index (χ3v) is 2.50. The van der Waals surface area contributed by atoms with E-state index in [-0.39, 0.29) is 17.1 Å². The van der Waals surface area contributed by atoms with Crippen LogP contribution in [0.25, 0.3) is 0 Å². The van der Waals surface area contributed by atoms with E-state index in [9.17, 15) is 4.39 Å². The third-order valence-electron chi connectivity index (χ3n) is 2.50. The van der Waals surface area contributed by atoms with Crippen LogP contribution in [0.15, 0.2) is 36.4 Å². The zero-order valence-corrected chi connectivity index (χ0v) is 9.77. The number of halogens is 1. The molecule has 2 rings (SSSR count). The Kier molecular flexibility index (Phi) is 3.16. The molecule has 18 heavy (non-hydrogen) atoms. The average molecular weight is 242 g/mol. The highest BCUT2D eigenvalue weighted by Crippen LogP contribution is 2.29. The lowest BCUT2D eigenvalue weighted by molar-refractivity contribution is 0.439. The molecule has 0 aliphatic heterocycles. The summed E-state index contributed by atoms with van der Waals surface area (Å²) in [6, 6.07) is 11.5. The Labute approximate surface area is 104 Å². The maximum absolute atomic E-state index is 13.8. The van der Waals surface area contributed by atoms with Crippen LogP contribution in [0.5, 0.6) is 11.5 Å². The van der Waals surface area contributed by atoms with Crippen molar-refractivity contribution in [2.45, 2.75) is 6.92 Å². The molecule has 3 nitrogen and oxygen atoms in total. The highest BCUT2D eigenvalue weighted by molar-refractivity contribution is 5.54. The minimum Gasteiger partial charge on any atom is -0.453 e. The zero-order chi connectivity index (χ0) is 13.1. The fourth-order valence-corrected chi connectivity index (χ4v) is 1.54. The average Bonchev–Trinajstić information content (AvgIpc) is 2.37. The number of nitrogens with zero attached hydrogens (tertiary/aromatic N) is 1. The number of aryl methyl sites for hydroxylation is 1. The first kappa shape index (κ1) is 11.9. The summed E-state index contributed by atoms with van der Waals surface area (Å²) < 4.78 is 19.2. The summed E-state index contributed by atoms with van der Waals surface area (Å²) in [6.45, 7) is 1.65. The van der Waals surface area contributed by atoms with Gasteiger partial charge in [-0.25, -0.2) is 4.39 Å². The van der Waals surface area contributed by atoms with Crippen LogP contribution in [0, 0.1) is 24.1 Å². The number of rotatable bonds is 2. The standard InChI is InChI=1S/C14H11FN2O/c1-9-3-2-4-13(14(9)15)18-12-6-5-11(17)7-10(12)8-16/h2-7H,17H2,1H3. The Morgan fingerprint density at radius 3 is 2.72 bits per heavy atom. The van der Waals surface area contributed by atoms with Crippen LogP contribution in [-0.4, -0.2) is 0 Å². The summed E-state index contributed by atoms with van der Waals surface area (Å²) in [4.78, 5) is 0. The number of hydrogen-bond acceptors (Lipinski definition) is 3. The molecule has 0 unspecified atom stereocenters. The number of nitrogens with two attached hydrogens (primary N) is 1. The van der Waals surface area contributed by atoms with Gasteiger partial charge in [-0.1, -0.05) is 12.1 Å². The van der Waals surface area contributed by atoms with Gasteiger partial charge in [0.25, 0.3) is 0 Å². The van der Waals surface area contributed by atoms with E-state index in [0.717, 1.165) is 0 Å². The lowest BCUT2D eigenvalue weighted by atomic mass is 10.2. The first-order valence-corrected chi connectivity index (χ1v) is 5.34. The number of anilines is 1. The van der Waals surface area contributed by atoms with E-state index in [1.807, 2.05) is 6.07 Å². The first-order valence-electron chi connectivity index (χ1n) is 5.34. The molecule has 2 N–H and O–H groups in total. The molecule has 0 saturated carbocycles. The van der Waals surface area contributed by atoms with Crippen LogP contribution in [0.2, 0.25) is 0 Å². The third kappa shape index (κ3) is 2.25. The monoisotopic (exact) mass is 242 g/mol. The Morgan fingerprint density at radius 2 is 2.00 bits per heavy atom. The van der Waals surface area contributed by atoms with E-state index >= 15 is 0 Å². The predicted molar refractivity (Wildman–Crippen MR) is 66.8 cm³/mol. The van der Waals surface area contributed by atoms with Crippen molar-refractivity contribution < 1.29 is 9.13 Å². The van der Waals surface area contributed by atoms with Gasteiger partial charge >= 0.3 is 0 Å². The molecule has 2 aromatic rings. The maximum atomic E-state index is 13.8. The number of nitriles is 1. The van der Waals surface area contributed by atoms with E-state index < -0.39 is 5.82 Å². The van der Waals surface area contributed by atoms with E-state index in [0.29, 0.717) is 11.3 Å². The molecule has 0 saturated heterocycles. The molecule has 0 aliphatic carbocycles. The van der Waals surface area contributed by atoms with Crippen molar-refractivity contribution in [3.8, 4) is 17.6 Å². The topological polar surface area (TPSA) is 59.0 Å². The largest absolute Gasteiger partial charge is 0.453 e. The normalized spacial score (nSPS) is 9.83. The molecule has 0 heterocycles. The van der Waals surface area contributed by atoms with Gasteiger partial charge in [0.1, 0.15) is 11.8 Å². The second kappa shape index (κ2) is 4.76. The second-order valence-electron chi connectivity index (χ2n) is 3.86. The molecular formula is C14H11FN2O. The number of ether oxygens (including phenoxy) is 1. The Hall–Kier alpha value is -2.54. The Morgan fingerprint density at radius 1 is 1.22 bits per heavy atom. The van der Waals surface area contributed by atoms with Gasteiger partial charge in [0.15, 0.2) is 11.6 Å². The Balaban J connectivity index is 2.41. The first-order chi connectivity index (χ1) is 8.61. The highest BCUT2D eigenvalue weighted by Gasteiger charge is 2.10. The molecule has 0 fully saturated rings. The van der Waals surface area contributed by atoms with Crippen molar-refractivity contribution in [3.05, 3.63) is 53.3 Å². The predicted octanol–water partition coefficient (Wildman–Crippen LogP) is 3.38. The number of hydrogen-bond donors (Lipinski definition) is 1. The number of nitrogen functional groups attached to an aromatic ring is 1. The molecular weight excluding hydrogens is 231 g/mol. The zero-order valence-electron chi connectivity index (χ0n) is 9.77. The SMILES string of the molecule is Cc1cccc(Oc2ccc(N)cc2C#N)c1F. The van der Waals surface area contributed by atoms with E-state index in [4.69, 9.17) is 15.7 Å². The molecule has 90 valence electrons. The van der Waals surface area contributed by atoms with E-state index in [1.54, 1.807) is 31.2 Å². The molecule has 0 amide bonds. The van der Waals surface area contributed by atoms with Gasteiger partial charge in [-0.05, 0) is 36.8 Å². The molecule has 0 spiro atoms. The summed E-state index contributed by atoms with van der Waals surface area (Å²) in [5, 5.41) is 8.97. The van der Waals surface area contributed by atoms with Crippen LogP contribution in [-0.2, 0) is 0 Å². The van der Waals surface area contributed by atoms with Gasteiger partial charge in [-0.15, -0.1) is 0 Å². The molecule has 0 bridgehead atoms. The second-order valence-corrected chi connectivity index (χ2v) is 3.86. The molecule has 2 aromatic carbocycles. The minimum atomic E-state index is -0.432. The van der Waals surface area contributed by atoms with Gasteiger partial charge in [0.2, 0.25) is 0 Å². The van der Waals surface area contributed by atoms with Crippen molar-refractivity contribution in [3.63, 3.8) is 0 Å². The van der Waals surface area contributed by atoms with E-state index in [2.05, 4.69) is 0 Å². The van der Waals surface area contributed by atoms with Crippen molar-refractivity contribution in [2.24, 2.45) is 0 Å². The lowest BCUT2D eigenvalue weighted by Crippen LogP contribution is -1.94. The quantitative estimate of drug-likeness (QED) is 0.821. The molecule has 0 aliphatic rings. The van der Waals surface area contributed by atoms with Crippen molar-refractivity contribution in [2.75, 3.05) is 5.73 Å². The van der Waals surface area contributed by atoms with Crippen molar-refractivity contribution in [1.29, 1.82) is 5.26 Å².